The van der Waals surface area contributed by atoms with Crippen LogP contribution in [0.15, 0.2) is 48.5 Å². The van der Waals surface area contributed by atoms with E-state index in [1.54, 1.807) is 25.1 Å². The molecule has 1 saturated heterocycles. The van der Waals surface area contributed by atoms with Crippen LogP contribution in [-0.4, -0.2) is 47.7 Å². The Bertz CT molecular complexity index is 1010. The number of aromatic carboxylic acids is 1. The summed E-state index contributed by atoms with van der Waals surface area (Å²) in [5.74, 6) is -3.71. The topological polar surface area (TPSA) is 69.6 Å². The molecule has 37 heavy (non-hydrogen) atoms. The number of carbonyl (C=O) groups is 2. The molecule has 0 aromatic heterocycles. The van der Waals surface area contributed by atoms with E-state index in [2.05, 4.69) is 12.2 Å². The van der Waals surface area contributed by atoms with Crippen LogP contribution in [0.1, 0.15) is 80.3 Å². The predicted octanol–water partition coefficient (Wildman–Crippen LogP) is 7.28. The number of carboxylic acids is 1. The van der Waals surface area contributed by atoms with Gasteiger partial charge in [-0.25, -0.2) is 4.79 Å². The number of rotatable bonds is 6. The number of nitrogens with zero attached hydrogens (tertiary/aromatic N) is 1. The minimum Gasteiger partial charge on any atom is -0.478 e. The van der Waals surface area contributed by atoms with Gasteiger partial charge in [0, 0.05) is 25.3 Å². The summed E-state index contributed by atoms with van der Waals surface area (Å²) in [5, 5.41) is 12.0. The fourth-order valence-electron chi connectivity index (χ4n) is 4.46. The Morgan fingerprint density at radius 3 is 2.08 bits per heavy atom. The molecule has 2 N–H and O–H groups in total. The van der Waals surface area contributed by atoms with Gasteiger partial charge >= 0.3 is 12.1 Å². The van der Waals surface area contributed by atoms with Crippen molar-refractivity contribution in [3.05, 3.63) is 65.2 Å². The summed E-state index contributed by atoms with van der Waals surface area (Å²) in [7, 11) is 0. The molecule has 204 valence electrons. The van der Waals surface area contributed by atoms with Crippen molar-refractivity contribution in [3.63, 3.8) is 0 Å². The number of alkyl halides is 3. The standard InChI is InChI=1S/C16H18F3NO.C11H15NO2.C2H6/c17-16(18,19)13(12-4-2-1-3-5-12)14(21)20-10-8-15(6-7-15)9-11-20;1-3-6-12-9-4-5-10(11(13)14)8(2)7-9;1-2/h1-5,13H,6-11H2;4-5,7,12H,3,6H2,1-2H3,(H,13,14);1-2H3. The summed E-state index contributed by atoms with van der Waals surface area (Å²) in [5.41, 5.74) is 2.51. The highest BCUT2D eigenvalue weighted by molar-refractivity contribution is 5.89. The van der Waals surface area contributed by atoms with Crippen LogP contribution in [0.25, 0.3) is 0 Å². The number of carbonyl (C=O) groups excluding carboxylic acids is 1. The Morgan fingerprint density at radius 2 is 1.62 bits per heavy atom. The summed E-state index contributed by atoms with van der Waals surface area (Å²) in [6.07, 6.45) is 0.524. The molecule has 5 nitrogen and oxygen atoms in total. The molecule has 1 unspecified atom stereocenters. The van der Waals surface area contributed by atoms with Gasteiger partial charge in [0.25, 0.3) is 0 Å². The van der Waals surface area contributed by atoms with Crippen LogP contribution < -0.4 is 5.32 Å². The van der Waals surface area contributed by atoms with Crippen molar-refractivity contribution in [2.45, 2.75) is 71.9 Å². The lowest BCUT2D eigenvalue weighted by Gasteiger charge is -2.35. The molecule has 1 spiro atoms. The van der Waals surface area contributed by atoms with Gasteiger partial charge in [0.2, 0.25) is 5.91 Å². The highest BCUT2D eigenvalue weighted by Gasteiger charge is 2.50. The van der Waals surface area contributed by atoms with Crippen molar-refractivity contribution in [2.24, 2.45) is 5.41 Å². The molecular weight excluding hydrogens is 481 g/mol. The van der Waals surface area contributed by atoms with Gasteiger partial charge in [0.15, 0.2) is 5.92 Å². The molecule has 1 aliphatic carbocycles. The van der Waals surface area contributed by atoms with Gasteiger partial charge < -0.3 is 15.3 Å². The number of anilines is 1. The number of amides is 1. The first-order valence-electron chi connectivity index (χ1n) is 13.0. The average Bonchev–Trinajstić information content (AvgIpc) is 3.63. The van der Waals surface area contributed by atoms with E-state index in [4.69, 9.17) is 5.11 Å². The van der Waals surface area contributed by atoms with Crippen LogP contribution in [0.2, 0.25) is 0 Å². The molecule has 0 radical (unpaired) electrons. The molecule has 1 heterocycles. The smallest absolute Gasteiger partial charge is 0.404 e. The Kier molecular flexibility index (Phi) is 11.0. The van der Waals surface area contributed by atoms with E-state index in [1.165, 1.54) is 29.2 Å². The Hall–Kier alpha value is -3.03. The zero-order valence-electron chi connectivity index (χ0n) is 22.2. The summed E-state index contributed by atoms with van der Waals surface area (Å²) in [6.45, 7) is 9.72. The summed E-state index contributed by atoms with van der Waals surface area (Å²) < 4.78 is 40.0. The van der Waals surface area contributed by atoms with Crippen LogP contribution in [0, 0.1) is 12.3 Å². The van der Waals surface area contributed by atoms with Gasteiger partial charge in [-0.3, -0.25) is 4.79 Å². The van der Waals surface area contributed by atoms with Gasteiger partial charge in [-0.2, -0.15) is 13.2 Å². The first-order chi connectivity index (χ1) is 17.6. The lowest BCUT2D eigenvalue weighted by atomic mass is 9.91. The van der Waals surface area contributed by atoms with E-state index in [1.807, 2.05) is 19.9 Å². The third-order valence-electron chi connectivity index (χ3n) is 6.84. The molecule has 1 atom stereocenters. The predicted molar refractivity (Wildman–Crippen MR) is 141 cm³/mol. The van der Waals surface area contributed by atoms with E-state index in [0.29, 0.717) is 24.1 Å². The highest BCUT2D eigenvalue weighted by Crippen LogP contribution is 2.54. The van der Waals surface area contributed by atoms with Crippen LogP contribution in [-0.2, 0) is 4.79 Å². The number of likely N-dealkylation sites (tertiary alicyclic amines) is 1. The number of piperidine rings is 1. The fourth-order valence-corrected chi connectivity index (χ4v) is 4.46. The first-order valence-corrected chi connectivity index (χ1v) is 13.0. The molecule has 1 amide bonds. The number of carboxylic acid groups (broad SMARTS) is 1. The van der Waals surface area contributed by atoms with E-state index in [0.717, 1.165) is 49.9 Å². The van der Waals surface area contributed by atoms with Crippen LogP contribution in [0.5, 0.6) is 0 Å². The lowest BCUT2D eigenvalue weighted by Crippen LogP contribution is -2.45. The minimum atomic E-state index is -4.55. The van der Waals surface area contributed by atoms with Gasteiger partial charge in [-0.1, -0.05) is 51.1 Å². The van der Waals surface area contributed by atoms with Crippen molar-refractivity contribution in [3.8, 4) is 0 Å². The van der Waals surface area contributed by atoms with Gasteiger partial charge in [-0.15, -0.1) is 0 Å². The van der Waals surface area contributed by atoms with Crippen LogP contribution >= 0.6 is 0 Å². The monoisotopic (exact) mass is 520 g/mol. The number of benzene rings is 2. The number of halogens is 3. The zero-order chi connectivity index (χ0) is 27.6. The van der Waals surface area contributed by atoms with Crippen molar-refractivity contribution in [1.82, 2.24) is 4.90 Å². The van der Waals surface area contributed by atoms with Gasteiger partial charge in [0.1, 0.15) is 0 Å². The van der Waals surface area contributed by atoms with Crippen LogP contribution in [0.3, 0.4) is 0 Å². The Labute approximate surface area is 218 Å². The van der Waals surface area contributed by atoms with Gasteiger partial charge in [-0.05, 0) is 73.8 Å². The number of aryl methyl sites for hydroxylation is 1. The molecular formula is C29H39F3N2O3. The van der Waals surface area contributed by atoms with Crippen molar-refractivity contribution in [2.75, 3.05) is 25.0 Å². The van der Waals surface area contributed by atoms with E-state index < -0.39 is 24.0 Å². The second-order valence-corrected chi connectivity index (χ2v) is 9.47. The summed E-state index contributed by atoms with van der Waals surface area (Å²) in [6, 6.07) is 12.8. The SMILES string of the molecule is CC.CCCNc1ccc(C(=O)O)c(C)c1.O=C(C(c1ccccc1)C(F)(F)F)N1CCC2(CC1)CC2. The largest absolute Gasteiger partial charge is 0.478 e. The minimum absolute atomic E-state index is 0.0294. The Balaban J connectivity index is 0.000000263. The Morgan fingerprint density at radius 1 is 1.03 bits per heavy atom. The molecule has 2 aromatic rings. The highest BCUT2D eigenvalue weighted by atomic mass is 19.4. The first kappa shape index (κ1) is 30.2. The normalized spacial score (nSPS) is 16.5. The quantitative estimate of drug-likeness (QED) is 0.420. The molecule has 2 aliphatic rings. The van der Waals surface area contributed by atoms with Crippen molar-refractivity contribution < 1.29 is 27.9 Å². The summed E-state index contributed by atoms with van der Waals surface area (Å²) >= 11 is 0. The zero-order valence-corrected chi connectivity index (χ0v) is 22.2. The number of hydrogen-bond donors (Lipinski definition) is 2. The lowest BCUT2D eigenvalue weighted by molar-refractivity contribution is -0.173. The van der Waals surface area contributed by atoms with E-state index >= 15 is 0 Å². The van der Waals surface area contributed by atoms with Crippen LogP contribution in [0.4, 0.5) is 18.9 Å². The van der Waals surface area contributed by atoms with E-state index in [-0.39, 0.29) is 5.56 Å². The maximum atomic E-state index is 13.3. The number of nitrogens with one attached hydrogen (secondary N) is 1. The fraction of sp³-hybridized carbons (Fsp3) is 0.517. The molecule has 0 bridgehead atoms. The molecule has 8 heteroatoms. The third-order valence-corrected chi connectivity index (χ3v) is 6.84. The molecule has 4 rings (SSSR count). The molecule has 1 aliphatic heterocycles. The van der Waals surface area contributed by atoms with E-state index in [9.17, 15) is 22.8 Å². The second-order valence-electron chi connectivity index (χ2n) is 9.47. The molecule has 1 saturated carbocycles. The number of hydrogen-bond acceptors (Lipinski definition) is 3. The maximum Gasteiger partial charge on any atom is 0.404 e. The van der Waals surface area contributed by atoms with Gasteiger partial charge in [0.05, 0.1) is 5.56 Å². The summed E-state index contributed by atoms with van der Waals surface area (Å²) in [4.78, 5) is 24.5. The maximum absolute atomic E-state index is 13.3. The van der Waals surface area contributed by atoms with Crippen molar-refractivity contribution >= 4 is 17.6 Å². The molecule has 2 fully saturated rings. The third kappa shape index (κ3) is 8.51. The second kappa shape index (κ2) is 13.5. The average molecular weight is 521 g/mol. The van der Waals surface area contributed by atoms with Crippen molar-refractivity contribution in [1.29, 1.82) is 0 Å². The molecule has 2 aromatic carbocycles.